The molecule has 1 saturated heterocycles. The summed E-state index contributed by atoms with van der Waals surface area (Å²) in [6, 6.07) is 7.49. The lowest BCUT2D eigenvalue weighted by Gasteiger charge is -2.32. The number of aromatic nitrogens is 2. The van der Waals surface area contributed by atoms with E-state index in [9.17, 15) is 4.79 Å². The number of nitrogens with zero attached hydrogens (tertiary/aromatic N) is 2. The summed E-state index contributed by atoms with van der Waals surface area (Å²) >= 11 is 6.38. The highest BCUT2D eigenvalue weighted by atomic mass is 35.5. The average molecular weight is 512 g/mol. The van der Waals surface area contributed by atoms with Crippen LogP contribution in [0.15, 0.2) is 36.7 Å². The predicted molar refractivity (Wildman–Crippen MR) is 139 cm³/mol. The number of carbonyl (C=O) groups excluding carboxylic acids is 1. The molecule has 190 valence electrons. The fourth-order valence-corrected chi connectivity index (χ4v) is 4.94. The van der Waals surface area contributed by atoms with Gasteiger partial charge in [-0.1, -0.05) is 17.7 Å². The molecule has 9 nitrogen and oxygen atoms in total. The first kappa shape index (κ1) is 24.4. The molecule has 0 bridgehead atoms. The monoisotopic (exact) mass is 511 g/mol. The highest BCUT2D eigenvalue weighted by Gasteiger charge is 2.31. The van der Waals surface area contributed by atoms with Gasteiger partial charge in [-0.2, -0.15) is 0 Å². The Bertz CT molecular complexity index is 1260. The van der Waals surface area contributed by atoms with Crippen LogP contribution >= 0.6 is 11.6 Å². The Morgan fingerprint density at radius 2 is 2.19 bits per heavy atom. The van der Waals surface area contributed by atoms with Crippen LogP contribution in [-0.2, 0) is 11.2 Å². The number of benzene rings is 1. The van der Waals surface area contributed by atoms with Crippen molar-refractivity contribution in [3.8, 4) is 22.8 Å². The number of likely N-dealkylation sites (N-methyl/N-ethyl adjacent to an activating group) is 1. The molecule has 0 radical (unpaired) electrons. The number of anilines is 2. The van der Waals surface area contributed by atoms with Gasteiger partial charge in [-0.25, -0.2) is 0 Å². The van der Waals surface area contributed by atoms with Gasteiger partial charge in [-0.3, -0.25) is 14.7 Å². The minimum Gasteiger partial charge on any atom is -0.493 e. The molecule has 0 saturated carbocycles. The summed E-state index contributed by atoms with van der Waals surface area (Å²) < 4.78 is 17.4. The van der Waals surface area contributed by atoms with Crippen LogP contribution in [0.4, 0.5) is 11.4 Å². The molecule has 0 spiro atoms. The Balaban J connectivity index is 1.56. The summed E-state index contributed by atoms with van der Waals surface area (Å²) in [6.45, 7) is 4.64. The van der Waals surface area contributed by atoms with Gasteiger partial charge in [0.05, 0.1) is 60.2 Å². The van der Waals surface area contributed by atoms with Crippen LogP contribution < -0.4 is 20.1 Å². The van der Waals surface area contributed by atoms with Gasteiger partial charge in [0.25, 0.3) is 5.91 Å². The maximum Gasteiger partial charge on any atom is 0.255 e. The molecule has 1 amide bonds. The number of morpholine rings is 1. The number of fused-ring (bicyclic) bond motifs is 1. The maximum atomic E-state index is 13.1. The number of nitrogens with one attached hydrogen (secondary N) is 3. The van der Waals surface area contributed by atoms with Crippen molar-refractivity contribution in [2.45, 2.75) is 25.4 Å². The van der Waals surface area contributed by atoms with Crippen molar-refractivity contribution in [1.82, 2.24) is 20.2 Å². The molecule has 0 unspecified atom stereocenters. The molecule has 36 heavy (non-hydrogen) atoms. The third kappa shape index (κ3) is 4.74. The first-order valence-electron chi connectivity index (χ1n) is 12.0. The number of hydrogen-bond donors (Lipinski definition) is 3. The molecule has 0 aliphatic carbocycles. The van der Waals surface area contributed by atoms with Gasteiger partial charge in [-0.05, 0) is 32.2 Å². The van der Waals surface area contributed by atoms with Crippen LogP contribution in [0.3, 0.4) is 0 Å². The second kappa shape index (κ2) is 10.4. The van der Waals surface area contributed by atoms with Crippen molar-refractivity contribution >= 4 is 28.9 Å². The van der Waals surface area contributed by atoms with Crippen LogP contribution in [-0.4, -0.2) is 73.4 Å². The van der Waals surface area contributed by atoms with Crippen LogP contribution in [0, 0.1) is 0 Å². The van der Waals surface area contributed by atoms with Crippen LogP contribution in [0.25, 0.3) is 11.3 Å². The highest BCUT2D eigenvalue weighted by molar-refractivity contribution is 6.32. The second-order valence-electron chi connectivity index (χ2n) is 9.15. The Hall–Kier alpha value is -3.27. The van der Waals surface area contributed by atoms with Crippen molar-refractivity contribution < 1.29 is 19.0 Å². The molecule has 2 aliphatic rings. The Labute approximate surface area is 215 Å². The van der Waals surface area contributed by atoms with E-state index in [0.717, 1.165) is 30.1 Å². The number of methoxy groups -OCH3 is 1. The molecular formula is C26H30ClN5O4. The van der Waals surface area contributed by atoms with Gasteiger partial charge < -0.3 is 29.8 Å². The standard InChI is InChI=1S/C26H30ClN5O4/c1-15-11-20-22(26(33)29-15)24(30-19-6-4-5-18(27)25(19)34-3)23(31-20)17-7-8-28-12-21(17)36-14-16-13-35-10-9-32(16)2/h4-8,12,15-16,30-31H,9-11,13-14H2,1-3H3,(H,29,33)/t15-,16+/m1/s1. The highest BCUT2D eigenvalue weighted by Crippen LogP contribution is 2.43. The third-order valence-electron chi connectivity index (χ3n) is 6.63. The van der Waals surface area contributed by atoms with Gasteiger partial charge in [0, 0.05) is 36.5 Å². The number of pyridine rings is 1. The normalized spacial score (nSPS) is 19.9. The van der Waals surface area contributed by atoms with Gasteiger partial charge >= 0.3 is 0 Å². The summed E-state index contributed by atoms with van der Waals surface area (Å²) in [4.78, 5) is 23.2. The quantitative estimate of drug-likeness (QED) is 0.442. The lowest BCUT2D eigenvalue weighted by atomic mass is 10.0. The van der Waals surface area contributed by atoms with Crippen molar-refractivity contribution in [2.75, 3.05) is 45.8 Å². The number of carbonyl (C=O) groups is 1. The van der Waals surface area contributed by atoms with E-state index in [1.165, 1.54) is 0 Å². The Kier molecular flexibility index (Phi) is 7.04. The number of halogens is 1. The minimum absolute atomic E-state index is 0.0139. The molecule has 5 rings (SSSR count). The number of amides is 1. The fourth-order valence-electron chi connectivity index (χ4n) is 4.69. The van der Waals surface area contributed by atoms with Gasteiger partial charge in [0.2, 0.25) is 0 Å². The van der Waals surface area contributed by atoms with Crippen molar-refractivity contribution in [3.63, 3.8) is 0 Å². The molecule has 2 atom stereocenters. The Morgan fingerprint density at radius 3 is 3.00 bits per heavy atom. The van der Waals surface area contributed by atoms with Crippen molar-refractivity contribution in [3.05, 3.63) is 52.9 Å². The number of rotatable bonds is 7. The fraction of sp³-hybridized carbons (Fsp3) is 0.385. The summed E-state index contributed by atoms with van der Waals surface area (Å²) in [6.07, 6.45) is 4.09. The van der Waals surface area contributed by atoms with Crippen molar-refractivity contribution in [2.24, 2.45) is 0 Å². The molecule has 2 aromatic heterocycles. The minimum atomic E-state index is -0.146. The van der Waals surface area contributed by atoms with Crippen molar-refractivity contribution in [1.29, 1.82) is 0 Å². The van der Waals surface area contributed by atoms with E-state index in [4.69, 9.17) is 25.8 Å². The van der Waals surface area contributed by atoms with E-state index in [1.807, 2.05) is 25.1 Å². The van der Waals surface area contributed by atoms with E-state index >= 15 is 0 Å². The lowest BCUT2D eigenvalue weighted by molar-refractivity contribution is -0.0107. The molecule has 4 heterocycles. The zero-order valence-electron chi connectivity index (χ0n) is 20.6. The number of para-hydroxylation sites is 1. The van der Waals surface area contributed by atoms with E-state index in [2.05, 4.69) is 32.5 Å². The molecule has 1 fully saturated rings. The zero-order valence-corrected chi connectivity index (χ0v) is 21.3. The lowest BCUT2D eigenvalue weighted by Crippen LogP contribution is -2.46. The van der Waals surface area contributed by atoms with Gasteiger partial charge in [0.15, 0.2) is 5.75 Å². The number of ether oxygens (including phenoxy) is 3. The molecule has 3 aromatic rings. The van der Waals surface area contributed by atoms with Gasteiger partial charge in [-0.15, -0.1) is 0 Å². The molecule has 1 aromatic carbocycles. The van der Waals surface area contributed by atoms with Crippen LogP contribution in [0.1, 0.15) is 23.0 Å². The number of hydrogen-bond acceptors (Lipinski definition) is 7. The SMILES string of the molecule is COc1c(Cl)cccc1Nc1c(-c2ccncc2OC[C@@H]2COCCN2C)[nH]c2c1C(=O)N[C@H](C)C2. The number of H-pyrrole nitrogens is 1. The Morgan fingerprint density at radius 1 is 1.33 bits per heavy atom. The second-order valence-corrected chi connectivity index (χ2v) is 9.55. The third-order valence-corrected chi connectivity index (χ3v) is 6.93. The summed E-state index contributed by atoms with van der Waals surface area (Å²) in [7, 11) is 3.63. The largest absolute Gasteiger partial charge is 0.493 e. The summed E-state index contributed by atoms with van der Waals surface area (Å²) in [5, 5.41) is 6.92. The smallest absolute Gasteiger partial charge is 0.255 e. The van der Waals surface area contributed by atoms with Crippen LogP contribution in [0.2, 0.25) is 5.02 Å². The zero-order chi connectivity index (χ0) is 25.2. The molecular weight excluding hydrogens is 482 g/mol. The van der Waals surface area contributed by atoms with E-state index in [-0.39, 0.29) is 18.0 Å². The summed E-state index contributed by atoms with van der Waals surface area (Å²) in [5.41, 5.74) is 4.22. The number of aromatic amines is 1. The van der Waals surface area contributed by atoms with E-state index < -0.39 is 0 Å². The average Bonchev–Trinajstić information content (AvgIpc) is 3.22. The molecule has 2 aliphatic heterocycles. The molecule has 3 N–H and O–H groups in total. The van der Waals surface area contributed by atoms with Gasteiger partial charge in [0.1, 0.15) is 12.4 Å². The van der Waals surface area contributed by atoms with E-state index in [1.54, 1.807) is 25.6 Å². The topological polar surface area (TPSA) is 101 Å². The first-order valence-corrected chi connectivity index (χ1v) is 12.3. The predicted octanol–water partition coefficient (Wildman–Crippen LogP) is 3.87. The van der Waals surface area contributed by atoms with Crippen LogP contribution in [0.5, 0.6) is 11.5 Å². The summed E-state index contributed by atoms with van der Waals surface area (Å²) in [5.74, 6) is 0.966. The maximum absolute atomic E-state index is 13.1. The first-order chi connectivity index (χ1) is 17.5. The molecule has 10 heteroatoms. The van der Waals surface area contributed by atoms with E-state index in [0.29, 0.717) is 53.1 Å².